The fraction of sp³-hybridized carbons (Fsp3) is 0.350. The minimum Gasteiger partial charge on any atom is -0.337 e. The highest BCUT2D eigenvalue weighted by Crippen LogP contribution is 2.25. The summed E-state index contributed by atoms with van der Waals surface area (Å²) in [7, 11) is 0. The van der Waals surface area contributed by atoms with Crippen LogP contribution >= 0.6 is 0 Å². The Kier molecular flexibility index (Phi) is 4.08. The van der Waals surface area contributed by atoms with Crippen LogP contribution in [0.15, 0.2) is 42.6 Å². The van der Waals surface area contributed by atoms with E-state index in [1.807, 2.05) is 0 Å². The molecule has 4 nitrogen and oxygen atoms in total. The van der Waals surface area contributed by atoms with Crippen LogP contribution in [0.5, 0.6) is 0 Å². The van der Waals surface area contributed by atoms with Crippen molar-refractivity contribution >= 4 is 5.65 Å². The molecule has 1 aliphatic heterocycles. The van der Waals surface area contributed by atoms with E-state index in [-0.39, 0.29) is 0 Å². The molecule has 4 rings (SSSR count). The van der Waals surface area contributed by atoms with Crippen LogP contribution in [0, 0.1) is 13.8 Å². The van der Waals surface area contributed by atoms with Gasteiger partial charge in [-0.1, -0.05) is 29.8 Å². The summed E-state index contributed by atoms with van der Waals surface area (Å²) >= 11 is 0. The molecular weight excluding hydrogens is 296 g/mol. The number of nitrogens with two attached hydrogens (primary N) is 1. The van der Waals surface area contributed by atoms with Crippen LogP contribution in [0.2, 0.25) is 0 Å². The lowest BCUT2D eigenvalue weighted by Gasteiger charge is -2.22. The lowest BCUT2D eigenvalue weighted by molar-refractivity contribution is -0.958. The van der Waals surface area contributed by atoms with Crippen LogP contribution in [-0.4, -0.2) is 35.6 Å². The summed E-state index contributed by atoms with van der Waals surface area (Å²) in [5.74, 6) is 0. The Bertz CT molecular complexity index is 842. The van der Waals surface area contributed by atoms with Gasteiger partial charge in [-0.25, -0.2) is 4.98 Å². The van der Waals surface area contributed by atoms with Crippen LogP contribution in [0.25, 0.3) is 16.9 Å². The SMILES string of the molecule is Cc1ccc(-c2nc3cc(C)ccn3c2C[NH+]2CC[NH2+]CC2)cc1. The number of rotatable bonds is 3. The van der Waals surface area contributed by atoms with E-state index in [1.165, 1.54) is 48.6 Å². The number of aryl methyl sites for hydroxylation is 2. The largest absolute Gasteiger partial charge is 0.337 e. The Morgan fingerprint density at radius 1 is 1.04 bits per heavy atom. The molecule has 3 heterocycles. The van der Waals surface area contributed by atoms with Crippen molar-refractivity contribution < 1.29 is 10.2 Å². The molecule has 1 saturated heterocycles. The van der Waals surface area contributed by atoms with Gasteiger partial charge in [-0.3, -0.25) is 4.40 Å². The quantitative estimate of drug-likeness (QED) is 0.727. The van der Waals surface area contributed by atoms with Gasteiger partial charge >= 0.3 is 0 Å². The maximum Gasteiger partial charge on any atom is 0.138 e. The van der Waals surface area contributed by atoms with Crippen molar-refractivity contribution in [2.45, 2.75) is 20.4 Å². The Balaban J connectivity index is 1.81. The molecule has 0 radical (unpaired) electrons. The van der Waals surface area contributed by atoms with Crippen molar-refractivity contribution in [2.75, 3.05) is 26.2 Å². The van der Waals surface area contributed by atoms with Crippen molar-refractivity contribution in [3.8, 4) is 11.3 Å². The summed E-state index contributed by atoms with van der Waals surface area (Å²) < 4.78 is 2.29. The lowest BCUT2D eigenvalue weighted by atomic mass is 10.1. The van der Waals surface area contributed by atoms with E-state index in [9.17, 15) is 0 Å². The van der Waals surface area contributed by atoms with Crippen LogP contribution in [0.4, 0.5) is 0 Å². The van der Waals surface area contributed by atoms with Crippen LogP contribution in [0.1, 0.15) is 16.8 Å². The summed E-state index contributed by atoms with van der Waals surface area (Å²) in [6, 6.07) is 13.1. The highest BCUT2D eigenvalue weighted by Gasteiger charge is 2.22. The third-order valence-corrected chi connectivity index (χ3v) is 5.03. The number of nitrogens with one attached hydrogen (secondary N) is 1. The number of nitrogens with zero attached hydrogens (tertiary/aromatic N) is 2. The normalized spacial score (nSPS) is 15.9. The zero-order valence-electron chi connectivity index (χ0n) is 14.5. The molecule has 0 bridgehead atoms. The molecule has 124 valence electrons. The van der Waals surface area contributed by atoms with Crippen molar-refractivity contribution in [1.82, 2.24) is 9.38 Å². The molecule has 0 aliphatic carbocycles. The van der Waals surface area contributed by atoms with Gasteiger partial charge in [-0.2, -0.15) is 0 Å². The molecule has 0 spiro atoms. The highest BCUT2D eigenvalue weighted by molar-refractivity contribution is 5.67. The van der Waals surface area contributed by atoms with Gasteiger partial charge in [0, 0.05) is 11.8 Å². The van der Waals surface area contributed by atoms with E-state index >= 15 is 0 Å². The van der Waals surface area contributed by atoms with Gasteiger partial charge in [0.25, 0.3) is 0 Å². The van der Waals surface area contributed by atoms with E-state index in [0.29, 0.717) is 0 Å². The number of hydrogen-bond acceptors (Lipinski definition) is 1. The second-order valence-electron chi connectivity index (χ2n) is 7.00. The third-order valence-electron chi connectivity index (χ3n) is 5.03. The van der Waals surface area contributed by atoms with Crippen molar-refractivity contribution in [3.05, 3.63) is 59.4 Å². The Morgan fingerprint density at radius 2 is 1.79 bits per heavy atom. The first kappa shape index (κ1) is 15.4. The molecule has 1 fully saturated rings. The van der Waals surface area contributed by atoms with E-state index in [2.05, 4.69) is 66.2 Å². The molecule has 24 heavy (non-hydrogen) atoms. The molecule has 2 aromatic heterocycles. The van der Waals surface area contributed by atoms with Crippen molar-refractivity contribution in [2.24, 2.45) is 0 Å². The number of pyridine rings is 1. The molecule has 0 amide bonds. The molecule has 0 atom stereocenters. The topological polar surface area (TPSA) is 38.4 Å². The second-order valence-corrected chi connectivity index (χ2v) is 7.00. The zero-order valence-corrected chi connectivity index (χ0v) is 14.5. The summed E-state index contributed by atoms with van der Waals surface area (Å²) in [6.45, 7) is 10.2. The standard InChI is InChI=1S/C20H24N4/c1-15-3-5-17(6-4-15)20-18(14-23-11-8-21-9-12-23)24-10-7-16(2)13-19(24)22-20/h3-7,10,13,21H,8-9,11-12,14H2,1-2H3/p+2. The maximum atomic E-state index is 4.98. The van der Waals surface area contributed by atoms with Gasteiger partial charge in [0.2, 0.25) is 0 Å². The molecule has 0 saturated carbocycles. The van der Waals surface area contributed by atoms with E-state index in [4.69, 9.17) is 4.98 Å². The minimum atomic E-state index is 1.04. The van der Waals surface area contributed by atoms with Gasteiger partial charge in [-0.05, 0) is 31.5 Å². The Hall–Kier alpha value is -2.17. The third kappa shape index (κ3) is 2.95. The number of fused-ring (bicyclic) bond motifs is 1. The average molecular weight is 322 g/mol. The average Bonchev–Trinajstić information content (AvgIpc) is 2.94. The van der Waals surface area contributed by atoms with Gasteiger partial charge in [0.05, 0.1) is 5.69 Å². The lowest BCUT2D eigenvalue weighted by Crippen LogP contribution is -3.19. The zero-order chi connectivity index (χ0) is 16.5. The van der Waals surface area contributed by atoms with Gasteiger partial charge in [0.15, 0.2) is 0 Å². The fourth-order valence-corrected chi connectivity index (χ4v) is 3.60. The molecule has 4 heteroatoms. The van der Waals surface area contributed by atoms with E-state index in [1.54, 1.807) is 4.90 Å². The molecule has 1 aliphatic rings. The first-order chi connectivity index (χ1) is 11.7. The van der Waals surface area contributed by atoms with Crippen molar-refractivity contribution in [1.29, 1.82) is 0 Å². The van der Waals surface area contributed by atoms with Gasteiger partial charge < -0.3 is 10.2 Å². The number of piperazine rings is 1. The fourth-order valence-electron chi connectivity index (χ4n) is 3.60. The molecule has 3 aromatic rings. The summed E-state index contributed by atoms with van der Waals surface area (Å²) in [5, 5.41) is 2.42. The van der Waals surface area contributed by atoms with Crippen molar-refractivity contribution in [3.63, 3.8) is 0 Å². The highest BCUT2D eigenvalue weighted by atomic mass is 15.2. The van der Waals surface area contributed by atoms with Gasteiger partial charge in [0.1, 0.15) is 44.1 Å². The second kappa shape index (κ2) is 6.38. The first-order valence-electron chi connectivity index (χ1n) is 8.90. The number of benzene rings is 1. The Labute approximate surface area is 143 Å². The summed E-state index contributed by atoms with van der Waals surface area (Å²) in [4.78, 5) is 6.64. The number of aromatic nitrogens is 2. The van der Waals surface area contributed by atoms with Gasteiger partial charge in [-0.15, -0.1) is 0 Å². The molecule has 0 unspecified atom stereocenters. The number of hydrogen-bond donors (Lipinski definition) is 2. The molecule has 3 N–H and O–H groups in total. The van der Waals surface area contributed by atoms with E-state index < -0.39 is 0 Å². The monoisotopic (exact) mass is 322 g/mol. The first-order valence-corrected chi connectivity index (χ1v) is 8.90. The molecule has 1 aromatic carbocycles. The number of quaternary nitrogens is 2. The maximum absolute atomic E-state index is 4.98. The predicted molar refractivity (Wildman–Crippen MR) is 96.2 cm³/mol. The minimum absolute atomic E-state index is 1.04. The van der Waals surface area contributed by atoms with E-state index in [0.717, 1.165) is 17.9 Å². The molecular formula is C20H26N4+2. The smallest absolute Gasteiger partial charge is 0.138 e. The van der Waals surface area contributed by atoms with Crippen LogP contribution < -0.4 is 10.2 Å². The van der Waals surface area contributed by atoms with Crippen LogP contribution in [-0.2, 0) is 6.54 Å². The predicted octanol–water partition coefficient (Wildman–Crippen LogP) is 0.580. The number of imidazole rings is 1. The summed E-state index contributed by atoms with van der Waals surface area (Å²) in [5.41, 5.74) is 7.31. The van der Waals surface area contributed by atoms with Crippen LogP contribution in [0.3, 0.4) is 0 Å². The Morgan fingerprint density at radius 3 is 2.54 bits per heavy atom. The summed E-state index contributed by atoms with van der Waals surface area (Å²) in [6.07, 6.45) is 2.18.